The van der Waals surface area contributed by atoms with Gasteiger partial charge < -0.3 is 4.74 Å². The Hall–Kier alpha value is -0.750. The van der Waals surface area contributed by atoms with Crippen LogP contribution in [-0.2, 0) is 14.3 Å². The first-order valence-electron chi connectivity index (χ1n) is 3.30. The third-order valence-electron chi connectivity index (χ3n) is 1.19. The summed E-state index contributed by atoms with van der Waals surface area (Å²) < 4.78 is 4.39. The second kappa shape index (κ2) is 5.84. The number of carbonyl (C=O) groups excluding carboxylic acids is 2. The fraction of sp³-hybridized carbons (Fsp3) is 0.667. The molecule has 1 unspecified atom stereocenters. The Morgan fingerprint density at radius 3 is 2.67 bits per heavy atom. The fourth-order valence-corrected chi connectivity index (χ4v) is 1.17. The second-order valence-electron chi connectivity index (χ2n) is 2.04. The van der Waals surface area contributed by atoms with Gasteiger partial charge in [0.15, 0.2) is 0 Å². The number of hydrazine groups is 1. The molecule has 70 valence electrons. The lowest BCUT2D eigenvalue weighted by Crippen LogP contribution is -2.36. The van der Waals surface area contributed by atoms with Crippen molar-refractivity contribution in [3.05, 3.63) is 0 Å². The van der Waals surface area contributed by atoms with Crippen LogP contribution in [0, 0.1) is 0 Å². The highest BCUT2D eigenvalue weighted by atomic mass is 32.2. The number of carbonyl (C=O) groups is 2. The standard InChI is InChI=1S/C6H12N2O3S/c1-4(6(10)8-7)12-3-5(9)11-2/h4H,3,7H2,1-2H3,(H,8,10). The number of nitrogens with one attached hydrogen (secondary N) is 1. The molecule has 0 radical (unpaired) electrons. The van der Waals surface area contributed by atoms with E-state index in [1.54, 1.807) is 6.92 Å². The summed E-state index contributed by atoms with van der Waals surface area (Å²) in [5.74, 6) is 4.39. The van der Waals surface area contributed by atoms with Crippen LogP contribution >= 0.6 is 11.8 Å². The molecule has 0 aromatic rings. The largest absolute Gasteiger partial charge is 0.468 e. The Kier molecular flexibility index (Phi) is 5.48. The molecule has 0 spiro atoms. The Labute approximate surface area is 75.0 Å². The molecule has 0 bridgehead atoms. The zero-order valence-corrected chi connectivity index (χ0v) is 7.81. The average molecular weight is 192 g/mol. The molecule has 1 amide bonds. The van der Waals surface area contributed by atoms with Crippen LogP contribution in [0.4, 0.5) is 0 Å². The van der Waals surface area contributed by atoms with Crippen molar-refractivity contribution in [3.8, 4) is 0 Å². The summed E-state index contributed by atoms with van der Waals surface area (Å²) in [4.78, 5) is 21.4. The highest BCUT2D eigenvalue weighted by Gasteiger charge is 2.13. The van der Waals surface area contributed by atoms with Gasteiger partial charge in [0.25, 0.3) is 0 Å². The molecular weight excluding hydrogens is 180 g/mol. The van der Waals surface area contributed by atoms with Crippen molar-refractivity contribution in [2.75, 3.05) is 12.9 Å². The van der Waals surface area contributed by atoms with Crippen LogP contribution in [0.15, 0.2) is 0 Å². The minimum absolute atomic E-state index is 0.158. The predicted octanol–water partition coefficient (Wildman–Crippen LogP) is -0.729. The van der Waals surface area contributed by atoms with Crippen molar-refractivity contribution >= 4 is 23.6 Å². The Morgan fingerprint density at radius 1 is 1.67 bits per heavy atom. The van der Waals surface area contributed by atoms with E-state index in [1.807, 2.05) is 5.43 Å². The minimum atomic E-state index is -0.350. The molecule has 0 aliphatic carbocycles. The van der Waals surface area contributed by atoms with Gasteiger partial charge in [0.05, 0.1) is 18.1 Å². The van der Waals surface area contributed by atoms with Crippen molar-refractivity contribution in [2.45, 2.75) is 12.2 Å². The number of esters is 1. The predicted molar refractivity (Wildman–Crippen MR) is 46.3 cm³/mol. The monoisotopic (exact) mass is 192 g/mol. The number of amides is 1. The van der Waals surface area contributed by atoms with Gasteiger partial charge in [0, 0.05) is 0 Å². The molecule has 1 atom stereocenters. The van der Waals surface area contributed by atoms with Gasteiger partial charge in [-0.2, -0.15) is 0 Å². The number of rotatable bonds is 4. The van der Waals surface area contributed by atoms with Crippen LogP contribution < -0.4 is 11.3 Å². The van der Waals surface area contributed by atoms with Crippen LogP contribution in [0.5, 0.6) is 0 Å². The van der Waals surface area contributed by atoms with Crippen molar-refractivity contribution in [2.24, 2.45) is 5.84 Å². The van der Waals surface area contributed by atoms with E-state index in [-0.39, 0.29) is 22.9 Å². The van der Waals surface area contributed by atoms with Crippen LogP contribution in [-0.4, -0.2) is 30.0 Å². The first-order chi connectivity index (χ1) is 5.61. The van der Waals surface area contributed by atoms with Gasteiger partial charge in [-0.05, 0) is 6.92 Å². The van der Waals surface area contributed by atoms with E-state index in [0.717, 1.165) is 0 Å². The van der Waals surface area contributed by atoms with Crippen molar-refractivity contribution in [3.63, 3.8) is 0 Å². The molecule has 0 heterocycles. The van der Waals surface area contributed by atoms with Gasteiger partial charge in [-0.1, -0.05) is 0 Å². The van der Waals surface area contributed by atoms with Gasteiger partial charge in [0.2, 0.25) is 5.91 Å². The Bertz CT molecular complexity index is 174. The summed E-state index contributed by atoms with van der Waals surface area (Å²) in [5, 5.41) is -0.339. The molecule has 0 aromatic carbocycles. The molecule has 12 heavy (non-hydrogen) atoms. The van der Waals surface area contributed by atoms with Gasteiger partial charge in [0.1, 0.15) is 0 Å². The van der Waals surface area contributed by atoms with Gasteiger partial charge in [-0.25, -0.2) is 5.84 Å². The number of hydrogen-bond acceptors (Lipinski definition) is 5. The first-order valence-corrected chi connectivity index (χ1v) is 4.35. The van der Waals surface area contributed by atoms with Gasteiger partial charge in [-0.15, -0.1) is 11.8 Å². The number of ether oxygens (including phenoxy) is 1. The van der Waals surface area contributed by atoms with Gasteiger partial charge in [-0.3, -0.25) is 15.0 Å². The lowest BCUT2D eigenvalue weighted by molar-refractivity contribution is -0.137. The highest BCUT2D eigenvalue weighted by Crippen LogP contribution is 2.09. The summed E-state index contributed by atoms with van der Waals surface area (Å²) >= 11 is 1.18. The maximum Gasteiger partial charge on any atom is 0.315 e. The molecule has 0 aliphatic rings. The van der Waals surface area contributed by atoms with E-state index >= 15 is 0 Å². The summed E-state index contributed by atoms with van der Waals surface area (Å²) in [7, 11) is 1.30. The topological polar surface area (TPSA) is 81.4 Å². The van der Waals surface area contributed by atoms with Gasteiger partial charge >= 0.3 is 5.97 Å². The Balaban J connectivity index is 3.63. The maximum atomic E-state index is 10.8. The normalized spacial score (nSPS) is 11.9. The number of nitrogens with two attached hydrogens (primary N) is 1. The van der Waals surface area contributed by atoms with Crippen molar-refractivity contribution in [1.29, 1.82) is 0 Å². The smallest absolute Gasteiger partial charge is 0.315 e. The summed E-state index contributed by atoms with van der Waals surface area (Å²) in [5.41, 5.74) is 1.99. The fourth-order valence-electron chi connectivity index (χ4n) is 0.445. The molecule has 3 N–H and O–H groups in total. The molecule has 0 aromatic heterocycles. The molecule has 6 heteroatoms. The average Bonchev–Trinajstić information content (AvgIpc) is 2.11. The Morgan fingerprint density at radius 2 is 2.25 bits per heavy atom. The van der Waals surface area contributed by atoms with E-state index in [2.05, 4.69) is 4.74 Å². The van der Waals surface area contributed by atoms with Crippen LogP contribution in [0.1, 0.15) is 6.92 Å². The summed E-state index contributed by atoms with van der Waals surface area (Å²) in [6.45, 7) is 1.66. The van der Waals surface area contributed by atoms with E-state index in [9.17, 15) is 9.59 Å². The molecule has 0 fully saturated rings. The lowest BCUT2D eigenvalue weighted by atomic mass is 10.5. The quantitative estimate of drug-likeness (QED) is 0.266. The van der Waals surface area contributed by atoms with Crippen molar-refractivity contribution in [1.82, 2.24) is 5.43 Å². The van der Waals surface area contributed by atoms with Crippen LogP contribution in [0.2, 0.25) is 0 Å². The molecule has 5 nitrogen and oxygen atoms in total. The molecule has 0 saturated carbocycles. The van der Waals surface area contributed by atoms with Crippen molar-refractivity contribution < 1.29 is 14.3 Å². The SMILES string of the molecule is COC(=O)CSC(C)C(=O)NN. The molecular formula is C6H12N2O3S. The number of methoxy groups -OCH3 is 1. The first kappa shape index (κ1) is 11.2. The van der Waals surface area contributed by atoms with E-state index in [0.29, 0.717) is 0 Å². The number of thioether (sulfide) groups is 1. The third-order valence-corrected chi connectivity index (χ3v) is 2.31. The van der Waals surface area contributed by atoms with E-state index in [1.165, 1.54) is 18.9 Å². The summed E-state index contributed by atoms with van der Waals surface area (Å²) in [6, 6.07) is 0. The third kappa shape index (κ3) is 4.20. The van der Waals surface area contributed by atoms with Crippen LogP contribution in [0.3, 0.4) is 0 Å². The minimum Gasteiger partial charge on any atom is -0.468 e. The lowest BCUT2D eigenvalue weighted by Gasteiger charge is -2.07. The maximum absolute atomic E-state index is 10.8. The van der Waals surface area contributed by atoms with Crippen LogP contribution in [0.25, 0.3) is 0 Å². The zero-order valence-electron chi connectivity index (χ0n) is 6.99. The second-order valence-corrected chi connectivity index (χ2v) is 3.37. The van der Waals surface area contributed by atoms with E-state index in [4.69, 9.17) is 5.84 Å². The summed E-state index contributed by atoms with van der Waals surface area (Å²) in [6.07, 6.45) is 0. The molecule has 0 rings (SSSR count). The molecule has 0 saturated heterocycles. The van der Waals surface area contributed by atoms with E-state index < -0.39 is 0 Å². The number of hydrogen-bond donors (Lipinski definition) is 2. The highest BCUT2D eigenvalue weighted by molar-refractivity contribution is 8.01. The molecule has 0 aliphatic heterocycles. The zero-order chi connectivity index (χ0) is 9.56.